The minimum Gasteiger partial charge on any atom is -0.467 e. The van der Waals surface area contributed by atoms with Crippen molar-refractivity contribution in [3.8, 4) is 35.0 Å². The maximum atomic E-state index is 12.8. The second kappa shape index (κ2) is 18.3. The second-order valence-electron chi connectivity index (χ2n) is 9.11. The van der Waals surface area contributed by atoms with Gasteiger partial charge in [-0.15, -0.1) is 6.42 Å². The molecule has 0 aliphatic carbocycles. The maximum Gasteiger partial charge on any atom is 0.251 e. The summed E-state index contributed by atoms with van der Waals surface area (Å²) in [6.45, 7) is 3.04. The second-order valence-corrected chi connectivity index (χ2v) is 9.11. The van der Waals surface area contributed by atoms with Crippen molar-refractivity contribution in [2.75, 3.05) is 34.4 Å². The Morgan fingerprint density at radius 2 is 1.32 bits per heavy atom. The molecule has 6 heteroatoms. The number of carbonyl (C=O) groups excluding carboxylic acids is 1. The highest BCUT2D eigenvalue weighted by Gasteiger charge is 2.16. The number of amides is 1. The van der Waals surface area contributed by atoms with Crippen LogP contribution in [0.25, 0.3) is 11.1 Å². The minimum absolute atomic E-state index is 0.0490. The average Bonchev–Trinajstić information content (AvgIpc) is 2.93. The maximum absolute atomic E-state index is 12.8. The summed E-state index contributed by atoms with van der Waals surface area (Å²) in [6.07, 6.45) is 18.2. The summed E-state index contributed by atoms with van der Waals surface area (Å²) in [4.78, 5) is 12.8. The first-order chi connectivity index (χ1) is 18.1. The van der Waals surface area contributed by atoms with Gasteiger partial charge >= 0.3 is 0 Å². The van der Waals surface area contributed by atoms with Gasteiger partial charge in [0.05, 0.1) is 0 Å². The first-order valence-corrected chi connectivity index (χ1v) is 13.4. The lowest BCUT2D eigenvalue weighted by molar-refractivity contribution is 0.0500. The van der Waals surface area contributed by atoms with Crippen molar-refractivity contribution in [3.63, 3.8) is 0 Å². The molecule has 37 heavy (non-hydrogen) atoms. The zero-order valence-electron chi connectivity index (χ0n) is 22.8. The van der Waals surface area contributed by atoms with Gasteiger partial charge < -0.3 is 24.3 Å². The van der Waals surface area contributed by atoms with Crippen LogP contribution in [-0.2, 0) is 9.47 Å². The highest BCUT2D eigenvalue weighted by atomic mass is 16.7. The van der Waals surface area contributed by atoms with E-state index in [4.69, 9.17) is 25.4 Å². The van der Waals surface area contributed by atoms with Gasteiger partial charge in [0.15, 0.2) is 13.6 Å². The summed E-state index contributed by atoms with van der Waals surface area (Å²) in [7, 11) is 3.11. The van der Waals surface area contributed by atoms with Crippen LogP contribution in [-0.4, -0.2) is 40.3 Å². The Morgan fingerprint density at radius 1 is 0.784 bits per heavy atom. The SMILES string of the molecule is C#Cc1ccc(-c2ccc(C(=O)NCCCCCCCCCCCC)cc2OCOC)c(OCOC)c1. The Morgan fingerprint density at radius 3 is 1.89 bits per heavy atom. The number of nitrogens with one attached hydrogen (secondary N) is 1. The van der Waals surface area contributed by atoms with E-state index in [2.05, 4.69) is 18.2 Å². The van der Waals surface area contributed by atoms with Gasteiger partial charge in [-0.3, -0.25) is 4.79 Å². The van der Waals surface area contributed by atoms with E-state index in [0.717, 1.165) is 24.0 Å². The molecule has 1 N–H and O–H groups in total. The van der Waals surface area contributed by atoms with Crippen molar-refractivity contribution in [1.82, 2.24) is 5.32 Å². The standard InChI is InChI=1S/C31H43NO5/c1-5-7-8-9-10-11-12-13-14-15-20-32-31(33)26-17-19-28(30(22-26)37-24-35-4)27-18-16-25(6-2)21-29(27)36-23-34-3/h2,16-19,21-22H,5,7-15,20,23-24H2,1,3-4H3,(H,32,33). The topological polar surface area (TPSA) is 66.0 Å². The van der Waals surface area contributed by atoms with Crippen LogP contribution in [0.5, 0.6) is 11.5 Å². The van der Waals surface area contributed by atoms with E-state index >= 15 is 0 Å². The van der Waals surface area contributed by atoms with E-state index in [1.807, 2.05) is 18.2 Å². The van der Waals surface area contributed by atoms with Crippen LogP contribution >= 0.6 is 0 Å². The van der Waals surface area contributed by atoms with Gasteiger partial charge in [0.25, 0.3) is 5.91 Å². The van der Waals surface area contributed by atoms with Crippen LogP contribution in [0.2, 0.25) is 0 Å². The Labute approximate surface area is 223 Å². The average molecular weight is 510 g/mol. The van der Waals surface area contributed by atoms with Crippen molar-refractivity contribution in [2.24, 2.45) is 0 Å². The molecule has 0 saturated carbocycles. The van der Waals surface area contributed by atoms with E-state index in [1.54, 1.807) is 32.4 Å². The smallest absolute Gasteiger partial charge is 0.251 e. The van der Waals surface area contributed by atoms with Crippen molar-refractivity contribution >= 4 is 5.91 Å². The predicted octanol–water partition coefficient (Wildman–Crippen LogP) is 6.95. The van der Waals surface area contributed by atoms with Crippen LogP contribution in [0, 0.1) is 12.3 Å². The highest BCUT2D eigenvalue weighted by molar-refractivity contribution is 5.95. The lowest BCUT2D eigenvalue weighted by atomic mass is 9.99. The third-order valence-electron chi connectivity index (χ3n) is 6.16. The van der Waals surface area contributed by atoms with Crippen molar-refractivity contribution in [1.29, 1.82) is 0 Å². The fraction of sp³-hybridized carbons (Fsp3) is 0.516. The Balaban J connectivity index is 1.97. The molecule has 0 saturated heterocycles. The monoisotopic (exact) mass is 509 g/mol. The summed E-state index contributed by atoms with van der Waals surface area (Å²) < 4.78 is 21.8. The molecule has 0 aromatic heterocycles. The lowest BCUT2D eigenvalue weighted by Gasteiger charge is -2.16. The Hall–Kier alpha value is -3.01. The molecule has 2 aromatic rings. The number of terminal acetylenes is 1. The lowest BCUT2D eigenvalue weighted by Crippen LogP contribution is -2.24. The first-order valence-electron chi connectivity index (χ1n) is 13.4. The molecular weight excluding hydrogens is 466 g/mol. The normalized spacial score (nSPS) is 10.6. The molecule has 0 aliphatic heterocycles. The Kier molecular flexibility index (Phi) is 14.9. The minimum atomic E-state index is -0.122. The molecule has 202 valence electrons. The Bertz CT molecular complexity index is 982. The fourth-order valence-corrected chi connectivity index (χ4v) is 4.12. The van der Waals surface area contributed by atoms with Crippen LogP contribution in [0.1, 0.15) is 87.1 Å². The number of hydrogen-bond donors (Lipinski definition) is 1. The third-order valence-corrected chi connectivity index (χ3v) is 6.16. The van der Waals surface area contributed by atoms with Crippen LogP contribution in [0.4, 0.5) is 0 Å². The molecule has 2 rings (SSSR count). The third kappa shape index (κ3) is 10.9. The molecule has 0 fully saturated rings. The molecule has 6 nitrogen and oxygen atoms in total. The molecular formula is C31H43NO5. The quantitative estimate of drug-likeness (QED) is 0.126. The summed E-state index contributed by atoms with van der Waals surface area (Å²) in [5.74, 6) is 3.58. The number of unbranched alkanes of at least 4 members (excludes halogenated alkanes) is 9. The van der Waals surface area contributed by atoms with Crippen LogP contribution in [0.15, 0.2) is 36.4 Å². The van der Waals surface area contributed by atoms with Gasteiger partial charge in [-0.2, -0.15) is 0 Å². The molecule has 0 radical (unpaired) electrons. The van der Waals surface area contributed by atoms with E-state index in [0.29, 0.717) is 29.2 Å². The summed E-state index contributed by atoms with van der Waals surface area (Å²) in [6, 6.07) is 10.9. The summed E-state index contributed by atoms with van der Waals surface area (Å²) in [5.41, 5.74) is 2.76. The van der Waals surface area contributed by atoms with Crippen LogP contribution in [0.3, 0.4) is 0 Å². The van der Waals surface area contributed by atoms with Crippen molar-refractivity contribution in [2.45, 2.75) is 71.1 Å². The number of rotatable bonds is 19. The molecule has 2 aromatic carbocycles. The van der Waals surface area contributed by atoms with Gasteiger partial charge in [-0.1, -0.05) is 70.6 Å². The number of methoxy groups -OCH3 is 2. The number of hydrogen-bond acceptors (Lipinski definition) is 5. The zero-order valence-corrected chi connectivity index (χ0v) is 22.8. The number of carbonyl (C=O) groups is 1. The van der Waals surface area contributed by atoms with Gasteiger partial charge in [0.1, 0.15) is 11.5 Å². The number of ether oxygens (including phenoxy) is 4. The molecule has 0 bridgehead atoms. The van der Waals surface area contributed by atoms with E-state index in [-0.39, 0.29) is 19.5 Å². The summed E-state index contributed by atoms with van der Waals surface area (Å²) in [5, 5.41) is 3.03. The highest BCUT2D eigenvalue weighted by Crippen LogP contribution is 2.38. The van der Waals surface area contributed by atoms with Gasteiger partial charge in [0.2, 0.25) is 0 Å². The molecule has 1 amide bonds. The van der Waals surface area contributed by atoms with E-state index in [9.17, 15) is 4.79 Å². The first kappa shape index (κ1) is 30.2. The van der Waals surface area contributed by atoms with E-state index in [1.165, 1.54) is 51.4 Å². The largest absolute Gasteiger partial charge is 0.467 e. The van der Waals surface area contributed by atoms with Gasteiger partial charge in [-0.05, 0) is 42.8 Å². The van der Waals surface area contributed by atoms with Gasteiger partial charge in [-0.25, -0.2) is 0 Å². The van der Waals surface area contributed by atoms with Crippen molar-refractivity contribution < 1.29 is 23.7 Å². The predicted molar refractivity (Wildman–Crippen MR) is 149 cm³/mol. The molecule has 0 heterocycles. The zero-order chi connectivity index (χ0) is 26.7. The number of benzene rings is 2. The molecule has 0 unspecified atom stereocenters. The van der Waals surface area contributed by atoms with Crippen LogP contribution < -0.4 is 14.8 Å². The molecule has 0 atom stereocenters. The molecule has 0 aliphatic rings. The van der Waals surface area contributed by atoms with Crippen molar-refractivity contribution in [3.05, 3.63) is 47.5 Å². The van der Waals surface area contributed by atoms with E-state index < -0.39 is 0 Å². The summed E-state index contributed by atoms with van der Waals surface area (Å²) >= 11 is 0. The molecule has 0 spiro atoms. The fourth-order valence-electron chi connectivity index (χ4n) is 4.12. The van der Waals surface area contributed by atoms with Gasteiger partial charge in [0, 0.05) is 43.0 Å².